The van der Waals surface area contributed by atoms with E-state index in [2.05, 4.69) is 0 Å². The third-order valence-electron chi connectivity index (χ3n) is 5.35. The SMILES string of the molecule is CC1=C(C(=O)OC(C)C)C(c2ccccc2C(F)(F)F)CC(=O)N1Cc1ccc(F)c(F)c1. The number of nitrogens with zero attached hydrogens (tertiary/aromatic N) is 1. The number of hydrogen-bond donors (Lipinski definition) is 0. The van der Waals surface area contributed by atoms with Gasteiger partial charge in [0.15, 0.2) is 11.6 Å². The van der Waals surface area contributed by atoms with Crippen molar-refractivity contribution in [2.45, 2.75) is 51.9 Å². The van der Waals surface area contributed by atoms with E-state index in [1.165, 1.54) is 36.1 Å². The molecule has 1 amide bonds. The Hall–Kier alpha value is -3.23. The minimum atomic E-state index is -4.69. The maximum atomic E-state index is 13.7. The fourth-order valence-corrected chi connectivity index (χ4v) is 3.89. The summed E-state index contributed by atoms with van der Waals surface area (Å²) in [5.41, 5.74) is -0.876. The predicted octanol–water partition coefficient (Wildman–Crippen LogP) is 5.73. The van der Waals surface area contributed by atoms with Crippen molar-refractivity contribution in [2.75, 3.05) is 0 Å². The second-order valence-electron chi connectivity index (χ2n) is 8.02. The summed E-state index contributed by atoms with van der Waals surface area (Å²) in [5, 5.41) is 0. The van der Waals surface area contributed by atoms with Crippen LogP contribution in [0.5, 0.6) is 0 Å². The normalized spacial score (nSPS) is 17.1. The number of ether oxygens (including phenoxy) is 1. The van der Waals surface area contributed by atoms with Gasteiger partial charge in [-0.25, -0.2) is 13.6 Å². The van der Waals surface area contributed by atoms with E-state index in [0.29, 0.717) is 0 Å². The average molecular weight is 467 g/mol. The van der Waals surface area contributed by atoms with Crippen molar-refractivity contribution in [3.8, 4) is 0 Å². The summed E-state index contributed by atoms with van der Waals surface area (Å²) >= 11 is 0. The number of allylic oxidation sites excluding steroid dienone is 1. The Kier molecular flexibility index (Phi) is 6.90. The van der Waals surface area contributed by atoms with Crippen molar-refractivity contribution in [2.24, 2.45) is 0 Å². The van der Waals surface area contributed by atoms with Crippen molar-refractivity contribution in [1.82, 2.24) is 4.90 Å². The highest BCUT2D eigenvalue weighted by molar-refractivity contribution is 5.96. The first-order chi connectivity index (χ1) is 15.4. The molecule has 0 fully saturated rings. The number of alkyl halides is 3. The molecule has 0 saturated carbocycles. The van der Waals surface area contributed by atoms with E-state index in [-0.39, 0.29) is 28.9 Å². The molecule has 0 aromatic heterocycles. The number of amides is 1. The van der Waals surface area contributed by atoms with Gasteiger partial charge in [0, 0.05) is 18.0 Å². The zero-order valence-corrected chi connectivity index (χ0v) is 18.2. The van der Waals surface area contributed by atoms with Crippen LogP contribution in [0.25, 0.3) is 0 Å². The van der Waals surface area contributed by atoms with Crippen molar-refractivity contribution in [3.63, 3.8) is 0 Å². The van der Waals surface area contributed by atoms with Crippen LogP contribution in [0.1, 0.15) is 49.8 Å². The zero-order chi connectivity index (χ0) is 24.5. The lowest BCUT2D eigenvalue weighted by Crippen LogP contribution is -2.38. The standard InChI is InChI=1S/C24H22F5NO3/c1-13(2)33-23(32)22-14(3)30(12-15-8-9-19(25)20(26)10-15)21(31)11-17(22)16-6-4-5-7-18(16)24(27,28)29/h4-10,13,17H,11-12H2,1-3H3. The molecule has 4 nitrogen and oxygen atoms in total. The number of carbonyl (C=O) groups excluding carboxylic acids is 2. The van der Waals surface area contributed by atoms with Gasteiger partial charge < -0.3 is 9.64 Å². The minimum Gasteiger partial charge on any atom is -0.460 e. The summed E-state index contributed by atoms with van der Waals surface area (Å²) in [6.45, 7) is 4.43. The lowest BCUT2D eigenvalue weighted by atomic mass is 9.81. The molecule has 0 aliphatic carbocycles. The van der Waals surface area contributed by atoms with E-state index in [1.807, 2.05) is 0 Å². The quantitative estimate of drug-likeness (QED) is 0.417. The molecule has 1 atom stereocenters. The topological polar surface area (TPSA) is 46.6 Å². The molecule has 2 aromatic rings. The van der Waals surface area contributed by atoms with Gasteiger partial charge in [-0.2, -0.15) is 13.2 Å². The van der Waals surface area contributed by atoms with Gasteiger partial charge in [-0.15, -0.1) is 0 Å². The summed E-state index contributed by atoms with van der Waals surface area (Å²) in [6.07, 6.45) is -5.66. The molecule has 1 aliphatic heterocycles. The van der Waals surface area contributed by atoms with Crippen molar-refractivity contribution in [3.05, 3.63) is 82.1 Å². The predicted molar refractivity (Wildman–Crippen MR) is 110 cm³/mol. The highest BCUT2D eigenvalue weighted by Gasteiger charge is 2.42. The molecular weight excluding hydrogens is 445 g/mol. The average Bonchev–Trinajstić information content (AvgIpc) is 2.72. The van der Waals surface area contributed by atoms with Gasteiger partial charge in [0.05, 0.1) is 23.8 Å². The maximum Gasteiger partial charge on any atom is 0.416 e. The summed E-state index contributed by atoms with van der Waals surface area (Å²) in [5.74, 6) is -4.73. The lowest BCUT2D eigenvalue weighted by molar-refractivity contribution is -0.145. The second-order valence-corrected chi connectivity index (χ2v) is 8.02. The van der Waals surface area contributed by atoms with Crippen molar-refractivity contribution >= 4 is 11.9 Å². The van der Waals surface area contributed by atoms with Crippen LogP contribution < -0.4 is 0 Å². The third kappa shape index (κ3) is 5.23. The number of halogens is 5. The van der Waals surface area contributed by atoms with Crippen LogP contribution in [-0.4, -0.2) is 22.9 Å². The summed E-state index contributed by atoms with van der Waals surface area (Å²) in [7, 11) is 0. The van der Waals surface area contributed by atoms with Gasteiger partial charge in [-0.1, -0.05) is 24.3 Å². The molecule has 0 radical (unpaired) electrons. The maximum absolute atomic E-state index is 13.7. The number of rotatable bonds is 5. The Morgan fingerprint density at radius 1 is 1.12 bits per heavy atom. The van der Waals surface area contributed by atoms with Gasteiger partial charge >= 0.3 is 12.1 Å². The number of esters is 1. The fourth-order valence-electron chi connectivity index (χ4n) is 3.89. The molecule has 0 saturated heterocycles. The van der Waals surface area contributed by atoms with E-state index in [4.69, 9.17) is 4.74 Å². The minimum absolute atomic E-state index is 0.0809. The molecule has 0 bridgehead atoms. The molecule has 176 valence electrons. The van der Waals surface area contributed by atoms with E-state index in [0.717, 1.165) is 18.2 Å². The number of hydrogen-bond acceptors (Lipinski definition) is 3. The van der Waals surface area contributed by atoms with Crippen LogP contribution in [0.15, 0.2) is 53.7 Å². The first kappa shape index (κ1) is 24.4. The molecule has 2 aromatic carbocycles. The molecule has 1 heterocycles. The van der Waals surface area contributed by atoms with Crippen LogP contribution in [-0.2, 0) is 27.0 Å². The van der Waals surface area contributed by atoms with E-state index in [1.54, 1.807) is 13.8 Å². The fraction of sp³-hybridized carbons (Fsp3) is 0.333. The Bertz CT molecular complexity index is 1110. The molecule has 0 spiro atoms. The lowest BCUT2D eigenvalue weighted by Gasteiger charge is -2.35. The Balaban J connectivity index is 2.12. The van der Waals surface area contributed by atoms with Gasteiger partial charge in [0.25, 0.3) is 0 Å². The van der Waals surface area contributed by atoms with Gasteiger partial charge in [0.1, 0.15) is 0 Å². The number of benzene rings is 2. The Morgan fingerprint density at radius 2 is 1.79 bits per heavy atom. The zero-order valence-electron chi connectivity index (χ0n) is 18.2. The third-order valence-corrected chi connectivity index (χ3v) is 5.35. The van der Waals surface area contributed by atoms with E-state index in [9.17, 15) is 31.5 Å². The van der Waals surface area contributed by atoms with Crippen LogP contribution >= 0.6 is 0 Å². The first-order valence-electron chi connectivity index (χ1n) is 10.2. The van der Waals surface area contributed by atoms with Gasteiger partial charge in [0.2, 0.25) is 5.91 Å². The second kappa shape index (κ2) is 9.33. The molecule has 1 aliphatic rings. The summed E-state index contributed by atoms with van der Waals surface area (Å²) in [6, 6.07) is 7.89. The van der Waals surface area contributed by atoms with Crippen molar-refractivity contribution in [1.29, 1.82) is 0 Å². The molecule has 9 heteroatoms. The largest absolute Gasteiger partial charge is 0.460 e. The van der Waals surface area contributed by atoms with Crippen LogP contribution in [0.3, 0.4) is 0 Å². The van der Waals surface area contributed by atoms with Gasteiger partial charge in [-0.05, 0) is 50.1 Å². The smallest absolute Gasteiger partial charge is 0.416 e. The highest BCUT2D eigenvalue weighted by atomic mass is 19.4. The molecule has 0 N–H and O–H groups in total. The van der Waals surface area contributed by atoms with Crippen LogP contribution in [0, 0.1) is 11.6 Å². The molecular formula is C24H22F5NO3. The van der Waals surface area contributed by atoms with Crippen LogP contribution in [0.2, 0.25) is 0 Å². The van der Waals surface area contributed by atoms with E-state index >= 15 is 0 Å². The first-order valence-corrected chi connectivity index (χ1v) is 10.2. The Morgan fingerprint density at radius 3 is 2.39 bits per heavy atom. The van der Waals surface area contributed by atoms with Gasteiger partial charge in [-0.3, -0.25) is 4.79 Å². The number of carbonyl (C=O) groups is 2. The summed E-state index contributed by atoms with van der Waals surface area (Å²) in [4.78, 5) is 27.1. The van der Waals surface area contributed by atoms with Crippen LogP contribution in [0.4, 0.5) is 22.0 Å². The molecule has 3 rings (SSSR count). The Labute approximate surface area is 187 Å². The van der Waals surface area contributed by atoms with E-state index < -0.39 is 53.7 Å². The monoisotopic (exact) mass is 467 g/mol. The van der Waals surface area contributed by atoms with Crippen molar-refractivity contribution < 1.29 is 36.3 Å². The molecule has 33 heavy (non-hydrogen) atoms. The highest BCUT2D eigenvalue weighted by Crippen LogP contribution is 2.43. The molecule has 1 unspecified atom stereocenters. The summed E-state index contributed by atoms with van der Waals surface area (Å²) < 4.78 is 73.2.